The van der Waals surface area contributed by atoms with Crippen LogP contribution in [-0.2, 0) is 11.2 Å². The van der Waals surface area contributed by atoms with Crippen LogP contribution in [0.1, 0.15) is 50.7 Å². The van der Waals surface area contributed by atoms with Crippen molar-refractivity contribution in [3.8, 4) is 11.5 Å². The largest absolute Gasteiger partial charge is 0.486 e. The predicted octanol–water partition coefficient (Wildman–Crippen LogP) is 5.21. The van der Waals surface area contributed by atoms with Gasteiger partial charge >= 0.3 is 0 Å². The van der Waals surface area contributed by atoms with Crippen LogP contribution in [0.4, 0.5) is 0 Å². The molecule has 164 valence electrons. The van der Waals surface area contributed by atoms with Gasteiger partial charge in [0.05, 0.1) is 6.54 Å². The fraction of sp³-hybridized carbons (Fsp3) is 0.423. The summed E-state index contributed by atoms with van der Waals surface area (Å²) in [6, 6.07) is 14.1. The summed E-state index contributed by atoms with van der Waals surface area (Å²) >= 11 is 0. The highest BCUT2D eigenvalue weighted by atomic mass is 16.6. The highest BCUT2D eigenvalue weighted by molar-refractivity contribution is 5.87. The number of carbonyl (C=O) groups excluding carboxylic acids is 1. The molecule has 2 N–H and O–H groups in total. The number of hydrogen-bond acceptors (Lipinski definition) is 3. The normalized spacial score (nSPS) is 16.5. The molecule has 5 nitrogen and oxygen atoms in total. The molecule has 2 atom stereocenters. The van der Waals surface area contributed by atoms with E-state index in [1.807, 2.05) is 24.3 Å². The fourth-order valence-corrected chi connectivity index (χ4v) is 4.45. The first-order valence-corrected chi connectivity index (χ1v) is 11.3. The van der Waals surface area contributed by atoms with E-state index in [2.05, 4.69) is 55.5 Å². The second kappa shape index (κ2) is 9.46. The number of aryl methyl sites for hydroxylation is 1. The van der Waals surface area contributed by atoms with Crippen LogP contribution in [0.2, 0.25) is 0 Å². The Balaban J connectivity index is 1.42. The van der Waals surface area contributed by atoms with E-state index in [4.69, 9.17) is 9.47 Å². The highest BCUT2D eigenvalue weighted by Crippen LogP contribution is 2.34. The number of nitrogens with one attached hydrogen (secondary N) is 2. The third-order valence-electron chi connectivity index (χ3n) is 5.94. The van der Waals surface area contributed by atoms with Gasteiger partial charge in [0.25, 0.3) is 0 Å². The van der Waals surface area contributed by atoms with Crippen molar-refractivity contribution in [2.75, 3.05) is 13.2 Å². The van der Waals surface area contributed by atoms with E-state index in [1.165, 1.54) is 22.0 Å². The zero-order valence-electron chi connectivity index (χ0n) is 18.6. The van der Waals surface area contributed by atoms with Crippen molar-refractivity contribution >= 4 is 16.8 Å². The molecular weight excluding hydrogens is 388 g/mol. The second-order valence-electron chi connectivity index (χ2n) is 8.77. The fourth-order valence-electron chi connectivity index (χ4n) is 4.45. The van der Waals surface area contributed by atoms with Crippen molar-refractivity contribution < 1.29 is 14.3 Å². The van der Waals surface area contributed by atoms with Gasteiger partial charge < -0.3 is 19.8 Å². The van der Waals surface area contributed by atoms with E-state index in [9.17, 15) is 4.79 Å². The molecule has 0 unspecified atom stereocenters. The quantitative estimate of drug-likeness (QED) is 0.526. The van der Waals surface area contributed by atoms with E-state index < -0.39 is 0 Å². The molecule has 5 heteroatoms. The van der Waals surface area contributed by atoms with E-state index in [0.29, 0.717) is 25.5 Å². The van der Waals surface area contributed by atoms with Crippen molar-refractivity contribution in [2.24, 2.45) is 5.92 Å². The molecule has 3 aromatic rings. The van der Waals surface area contributed by atoms with Crippen LogP contribution in [0, 0.1) is 5.92 Å². The third kappa shape index (κ3) is 4.87. The maximum atomic E-state index is 12.9. The maximum Gasteiger partial charge on any atom is 0.220 e. The summed E-state index contributed by atoms with van der Waals surface area (Å²) in [6.45, 7) is 7.47. The Morgan fingerprint density at radius 1 is 1.16 bits per heavy atom. The zero-order chi connectivity index (χ0) is 21.8. The Morgan fingerprint density at radius 3 is 2.74 bits per heavy atom. The average molecular weight is 421 g/mol. The summed E-state index contributed by atoms with van der Waals surface area (Å²) in [4.78, 5) is 16.3. The van der Waals surface area contributed by atoms with E-state index in [-0.39, 0.29) is 17.9 Å². The van der Waals surface area contributed by atoms with Crippen molar-refractivity contribution in [1.29, 1.82) is 0 Å². The van der Waals surface area contributed by atoms with Crippen LogP contribution in [0.3, 0.4) is 0 Å². The lowest BCUT2D eigenvalue weighted by Crippen LogP contribution is -2.41. The summed E-state index contributed by atoms with van der Waals surface area (Å²) in [7, 11) is 0. The molecule has 0 saturated carbocycles. The minimum Gasteiger partial charge on any atom is -0.486 e. The van der Waals surface area contributed by atoms with Gasteiger partial charge in [-0.2, -0.15) is 0 Å². The zero-order valence-corrected chi connectivity index (χ0v) is 18.6. The molecule has 2 heterocycles. The molecule has 0 spiro atoms. The summed E-state index contributed by atoms with van der Waals surface area (Å²) in [5.41, 5.74) is 3.74. The molecule has 1 aliphatic heterocycles. The van der Waals surface area contributed by atoms with Gasteiger partial charge in [0.1, 0.15) is 12.7 Å². The first kappa shape index (κ1) is 21.3. The Morgan fingerprint density at radius 2 is 1.97 bits per heavy atom. The van der Waals surface area contributed by atoms with Crippen LogP contribution in [-0.4, -0.2) is 30.1 Å². The SMILES string of the molecule is CCc1cccc2c([C@@H](CC(=O)NC[C@@H]3COc4ccccc4O3)CC(C)C)c[nH]c12. The Labute approximate surface area is 184 Å². The topological polar surface area (TPSA) is 63.4 Å². The lowest BCUT2D eigenvalue weighted by molar-refractivity contribution is -0.122. The van der Waals surface area contributed by atoms with Gasteiger partial charge in [-0.25, -0.2) is 0 Å². The predicted molar refractivity (Wildman–Crippen MR) is 124 cm³/mol. The Kier molecular flexibility index (Phi) is 6.50. The van der Waals surface area contributed by atoms with Gasteiger partial charge in [-0.3, -0.25) is 4.79 Å². The first-order valence-electron chi connectivity index (χ1n) is 11.3. The van der Waals surface area contributed by atoms with Gasteiger partial charge in [-0.15, -0.1) is 0 Å². The molecule has 31 heavy (non-hydrogen) atoms. The van der Waals surface area contributed by atoms with Gasteiger partial charge in [-0.05, 0) is 47.9 Å². The second-order valence-corrected chi connectivity index (χ2v) is 8.77. The van der Waals surface area contributed by atoms with Crippen molar-refractivity contribution in [3.63, 3.8) is 0 Å². The number of aromatic amines is 1. The number of hydrogen-bond donors (Lipinski definition) is 2. The number of carbonyl (C=O) groups is 1. The molecule has 0 saturated heterocycles. The molecule has 2 aromatic carbocycles. The number of rotatable bonds is 8. The van der Waals surface area contributed by atoms with Crippen molar-refractivity contribution in [2.45, 2.75) is 52.1 Å². The van der Waals surface area contributed by atoms with E-state index in [1.54, 1.807) is 0 Å². The number of H-pyrrole nitrogens is 1. The molecule has 1 aliphatic rings. The van der Waals surface area contributed by atoms with Crippen LogP contribution < -0.4 is 14.8 Å². The van der Waals surface area contributed by atoms with Gasteiger partial charge in [-0.1, -0.05) is 51.1 Å². The third-order valence-corrected chi connectivity index (χ3v) is 5.94. The lowest BCUT2D eigenvalue weighted by atomic mass is 9.87. The van der Waals surface area contributed by atoms with Crippen molar-refractivity contribution in [3.05, 3.63) is 59.8 Å². The van der Waals surface area contributed by atoms with Gasteiger partial charge in [0, 0.05) is 23.5 Å². The van der Waals surface area contributed by atoms with E-state index in [0.717, 1.165) is 24.3 Å². The number of benzene rings is 2. The van der Waals surface area contributed by atoms with Crippen LogP contribution in [0.15, 0.2) is 48.7 Å². The van der Waals surface area contributed by atoms with E-state index >= 15 is 0 Å². The lowest BCUT2D eigenvalue weighted by Gasteiger charge is -2.27. The number of aromatic nitrogens is 1. The minimum absolute atomic E-state index is 0.0501. The smallest absolute Gasteiger partial charge is 0.220 e. The Hall–Kier alpha value is -2.95. The number of para-hydroxylation sites is 3. The summed E-state index contributed by atoms with van der Waals surface area (Å²) in [6.07, 6.45) is 4.33. The Bertz CT molecular complexity index is 1040. The first-order chi connectivity index (χ1) is 15.0. The molecule has 1 aromatic heterocycles. The molecular formula is C26H32N2O3. The molecule has 0 radical (unpaired) electrons. The van der Waals surface area contributed by atoms with Gasteiger partial charge in [0.2, 0.25) is 5.91 Å². The number of amides is 1. The molecule has 0 bridgehead atoms. The maximum absolute atomic E-state index is 12.9. The summed E-state index contributed by atoms with van der Waals surface area (Å²) in [5.74, 6) is 2.21. The van der Waals surface area contributed by atoms with Crippen LogP contribution in [0.5, 0.6) is 11.5 Å². The summed E-state index contributed by atoms with van der Waals surface area (Å²) in [5, 5.41) is 4.30. The highest BCUT2D eigenvalue weighted by Gasteiger charge is 2.24. The average Bonchev–Trinajstić information content (AvgIpc) is 3.21. The monoisotopic (exact) mass is 420 g/mol. The molecule has 1 amide bonds. The van der Waals surface area contributed by atoms with Crippen molar-refractivity contribution in [1.82, 2.24) is 10.3 Å². The summed E-state index contributed by atoms with van der Waals surface area (Å²) < 4.78 is 11.7. The van der Waals surface area contributed by atoms with Crippen LogP contribution >= 0.6 is 0 Å². The molecule has 0 aliphatic carbocycles. The van der Waals surface area contributed by atoms with Gasteiger partial charge in [0.15, 0.2) is 11.5 Å². The standard InChI is InChI=1S/C26H32N2O3/c1-4-18-8-7-9-21-22(15-28-26(18)21)19(12-17(2)3)13-25(29)27-14-20-16-30-23-10-5-6-11-24(23)31-20/h5-11,15,17,19-20,28H,4,12-14,16H2,1-3H3,(H,27,29)/t19-,20-/m1/s1. The number of ether oxygens (including phenoxy) is 2. The number of fused-ring (bicyclic) bond motifs is 2. The minimum atomic E-state index is -0.178. The molecule has 4 rings (SSSR count). The molecule has 0 fully saturated rings. The van der Waals surface area contributed by atoms with Crippen LogP contribution in [0.25, 0.3) is 10.9 Å².